The largest absolute Gasteiger partial charge is 0.198 e. The van der Waals surface area contributed by atoms with Crippen molar-refractivity contribution in [2.75, 3.05) is 0 Å². The molecule has 0 unspecified atom stereocenters. The number of hydrogen-bond donors (Lipinski definition) is 0. The second-order valence-electron chi connectivity index (χ2n) is 5.78. The summed E-state index contributed by atoms with van der Waals surface area (Å²) in [7, 11) is 0. The molecule has 0 atom stereocenters. The number of nitrogens with zero attached hydrogens (tertiary/aromatic N) is 1. The van der Waals surface area contributed by atoms with Crippen LogP contribution in [-0.2, 0) is 0 Å². The third-order valence-corrected chi connectivity index (χ3v) is 4.26. The summed E-state index contributed by atoms with van der Waals surface area (Å²) >= 11 is 0. The van der Waals surface area contributed by atoms with Gasteiger partial charge in [-0.2, -0.15) is 5.26 Å². The molecular weight excluding hydrogens is 146 g/mol. The summed E-state index contributed by atoms with van der Waals surface area (Å²) in [6.07, 6.45) is 4.77. The molecule has 1 nitrogen and oxygen atoms in total. The van der Waals surface area contributed by atoms with E-state index in [0.29, 0.717) is 10.8 Å². The van der Waals surface area contributed by atoms with Crippen LogP contribution in [0.5, 0.6) is 0 Å². The molecule has 0 N–H and O–H groups in total. The smallest absolute Gasteiger partial charge is 0.0690 e. The standard InChI is InChI=1S/C11H17N/c1-9(2,3)11-5-4-10(6-11,7-11)8-12/h4-7H2,1-3H3. The van der Waals surface area contributed by atoms with Gasteiger partial charge >= 0.3 is 0 Å². The van der Waals surface area contributed by atoms with Crippen molar-refractivity contribution in [1.29, 1.82) is 5.26 Å². The monoisotopic (exact) mass is 163 g/mol. The van der Waals surface area contributed by atoms with Gasteiger partial charge < -0.3 is 0 Å². The van der Waals surface area contributed by atoms with Gasteiger partial charge in [0.05, 0.1) is 11.5 Å². The average Bonchev–Trinajstić information content (AvgIpc) is 2.37. The van der Waals surface area contributed by atoms with E-state index >= 15 is 0 Å². The van der Waals surface area contributed by atoms with Crippen LogP contribution in [0.1, 0.15) is 46.5 Å². The Kier molecular flexibility index (Phi) is 1.26. The van der Waals surface area contributed by atoms with Crippen molar-refractivity contribution < 1.29 is 0 Å². The zero-order valence-corrected chi connectivity index (χ0v) is 8.28. The fourth-order valence-corrected chi connectivity index (χ4v) is 3.12. The first-order valence-electron chi connectivity index (χ1n) is 4.84. The lowest BCUT2D eigenvalue weighted by molar-refractivity contribution is -0.0186. The van der Waals surface area contributed by atoms with Crippen molar-refractivity contribution in [3.8, 4) is 6.07 Å². The third-order valence-electron chi connectivity index (χ3n) is 4.26. The fraction of sp³-hybridized carbons (Fsp3) is 0.909. The van der Waals surface area contributed by atoms with Crippen LogP contribution in [0.4, 0.5) is 0 Å². The maximum atomic E-state index is 8.99. The number of nitriles is 1. The van der Waals surface area contributed by atoms with Crippen molar-refractivity contribution >= 4 is 0 Å². The molecule has 0 heterocycles. The summed E-state index contributed by atoms with van der Waals surface area (Å²) in [6.45, 7) is 6.96. The highest BCUT2D eigenvalue weighted by Gasteiger charge is 2.65. The topological polar surface area (TPSA) is 23.8 Å². The highest BCUT2D eigenvalue weighted by molar-refractivity contribution is 5.22. The number of hydrogen-bond acceptors (Lipinski definition) is 1. The first-order chi connectivity index (χ1) is 5.43. The van der Waals surface area contributed by atoms with E-state index in [1.165, 1.54) is 19.3 Å². The predicted octanol–water partition coefficient (Wildman–Crippen LogP) is 3.12. The van der Waals surface area contributed by atoms with Crippen molar-refractivity contribution in [3.63, 3.8) is 0 Å². The lowest BCUT2D eigenvalue weighted by Gasteiger charge is -2.52. The Hall–Kier alpha value is -0.510. The molecule has 0 aromatic carbocycles. The molecule has 2 bridgehead atoms. The van der Waals surface area contributed by atoms with E-state index in [2.05, 4.69) is 26.8 Å². The first kappa shape index (κ1) is 8.10. The van der Waals surface area contributed by atoms with Crippen molar-refractivity contribution in [3.05, 3.63) is 0 Å². The van der Waals surface area contributed by atoms with Crippen LogP contribution in [0.3, 0.4) is 0 Å². The van der Waals surface area contributed by atoms with Gasteiger partial charge in [0.25, 0.3) is 0 Å². The Balaban J connectivity index is 2.21. The maximum Gasteiger partial charge on any atom is 0.0690 e. The Labute approximate surface area is 74.8 Å². The van der Waals surface area contributed by atoms with Gasteiger partial charge in [0.2, 0.25) is 0 Å². The number of fused-ring (bicyclic) bond motifs is 1. The molecule has 0 aliphatic heterocycles. The lowest BCUT2D eigenvalue weighted by Crippen LogP contribution is -2.45. The van der Waals surface area contributed by atoms with Gasteiger partial charge in [-0.3, -0.25) is 0 Å². The third kappa shape index (κ3) is 0.736. The molecule has 3 fully saturated rings. The molecule has 3 rings (SSSR count). The quantitative estimate of drug-likeness (QED) is 0.538. The SMILES string of the molecule is CC(C)(C)C12CCC(C#N)(C1)C2. The lowest BCUT2D eigenvalue weighted by atomic mass is 9.51. The first-order valence-corrected chi connectivity index (χ1v) is 4.84. The minimum absolute atomic E-state index is 0.104. The van der Waals surface area contributed by atoms with Crippen molar-refractivity contribution in [2.45, 2.75) is 46.5 Å². The van der Waals surface area contributed by atoms with E-state index < -0.39 is 0 Å². The van der Waals surface area contributed by atoms with Crippen LogP contribution in [0.25, 0.3) is 0 Å². The molecule has 3 aliphatic carbocycles. The molecule has 1 heteroatoms. The van der Waals surface area contributed by atoms with Crippen LogP contribution in [0, 0.1) is 27.6 Å². The van der Waals surface area contributed by atoms with Gasteiger partial charge in [-0.05, 0) is 36.5 Å². The predicted molar refractivity (Wildman–Crippen MR) is 48.4 cm³/mol. The zero-order valence-electron chi connectivity index (χ0n) is 8.28. The molecule has 12 heavy (non-hydrogen) atoms. The maximum absolute atomic E-state index is 8.99. The number of rotatable bonds is 0. The van der Waals surface area contributed by atoms with Crippen LogP contribution in [0.2, 0.25) is 0 Å². The van der Waals surface area contributed by atoms with Gasteiger partial charge in [-0.25, -0.2) is 0 Å². The van der Waals surface area contributed by atoms with E-state index in [4.69, 9.17) is 5.26 Å². The van der Waals surface area contributed by atoms with Crippen molar-refractivity contribution in [2.24, 2.45) is 16.2 Å². The Morgan fingerprint density at radius 2 is 1.75 bits per heavy atom. The Bertz CT molecular complexity index is 245. The van der Waals surface area contributed by atoms with E-state index in [1.54, 1.807) is 0 Å². The molecule has 0 radical (unpaired) electrons. The van der Waals surface area contributed by atoms with Gasteiger partial charge in [0.1, 0.15) is 0 Å². The second kappa shape index (κ2) is 1.87. The van der Waals surface area contributed by atoms with Crippen LogP contribution < -0.4 is 0 Å². The van der Waals surface area contributed by atoms with Gasteiger partial charge in [0.15, 0.2) is 0 Å². The van der Waals surface area contributed by atoms with Crippen molar-refractivity contribution in [1.82, 2.24) is 0 Å². The molecule has 0 aromatic rings. The molecular formula is C11H17N. The molecule has 66 valence electrons. The fourth-order valence-electron chi connectivity index (χ4n) is 3.12. The Morgan fingerprint density at radius 1 is 1.17 bits per heavy atom. The highest BCUT2D eigenvalue weighted by Crippen LogP contribution is 2.72. The summed E-state index contributed by atoms with van der Waals surface area (Å²) in [5, 5.41) is 8.99. The van der Waals surface area contributed by atoms with Crippen LogP contribution >= 0.6 is 0 Å². The van der Waals surface area contributed by atoms with E-state index in [1.807, 2.05) is 0 Å². The van der Waals surface area contributed by atoms with E-state index in [9.17, 15) is 0 Å². The van der Waals surface area contributed by atoms with Gasteiger partial charge in [0, 0.05) is 0 Å². The summed E-state index contributed by atoms with van der Waals surface area (Å²) in [6, 6.07) is 2.50. The molecule has 0 amide bonds. The van der Waals surface area contributed by atoms with Gasteiger partial charge in [-0.1, -0.05) is 20.8 Å². The van der Waals surface area contributed by atoms with E-state index in [0.717, 1.165) is 6.42 Å². The molecule has 3 saturated carbocycles. The minimum atomic E-state index is 0.104. The summed E-state index contributed by atoms with van der Waals surface area (Å²) in [5.41, 5.74) is 1.03. The summed E-state index contributed by atoms with van der Waals surface area (Å²) in [5.74, 6) is 0. The zero-order chi connectivity index (χ0) is 9.04. The second-order valence-corrected chi connectivity index (χ2v) is 5.78. The summed E-state index contributed by atoms with van der Waals surface area (Å²) in [4.78, 5) is 0. The summed E-state index contributed by atoms with van der Waals surface area (Å²) < 4.78 is 0. The molecule has 0 saturated heterocycles. The van der Waals surface area contributed by atoms with E-state index in [-0.39, 0.29) is 5.41 Å². The minimum Gasteiger partial charge on any atom is -0.198 e. The molecule has 3 aliphatic rings. The highest BCUT2D eigenvalue weighted by atomic mass is 14.7. The Morgan fingerprint density at radius 3 is 2.00 bits per heavy atom. The van der Waals surface area contributed by atoms with Gasteiger partial charge in [-0.15, -0.1) is 0 Å². The molecule has 0 aromatic heterocycles. The molecule has 0 spiro atoms. The van der Waals surface area contributed by atoms with Crippen LogP contribution in [-0.4, -0.2) is 0 Å². The normalized spacial score (nSPS) is 45.2. The average molecular weight is 163 g/mol. The van der Waals surface area contributed by atoms with Crippen LogP contribution in [0.15, 0.2) is 0 Å².